The number of carbonyl (C=O) groups is 1. The third-order valence-electron chi connectivity index (χ3n) is 1.09. The molecule has 0 aliphatic carbocycles. The van der Waals surface area contributed by atoms with Crippen LogP contribution in [-0.4, -0.2) is 16.1 Å². The summed E-state index contributed by atoms with van der Waals surface area (Å²) in [4.78, 5) is 14.7. The Bertz CT molecular complexity index is 260. The Hall–Kier alpha value is -1.14. The fourth-order valence-electron chi connectivity index (χ4n) is 0.651. The zero-order valence-electron chi connectivity index (χ0n) is 5.57. The van der Waals surface area contributed by atoms with Gasteiger partial charge < -0.3 is 10.5 Å². The van der Waals surface area contributed by atoms with E-state index >= 15 is 0 Å². The normalized spacial score (nSPS) is 9.55. The molecular weight excluding hydrogens is 166 g/mol. The first-order valence-corrected chi connectivity index (χ1v) is 3.72. The average Bonchev–Trinajstić information content (AvgIpc) is 2.34. The molecule has 1 rings (SSSR count). The second-order valence-corrected chi connectivity index (χ2v) is 2.78. The lowest BCUT2D eigenvalue weighted by molar-refractivity contribution is -0.136. The van der Waals surface area contributed by atoms with Gasteiger partial charge in [0.05, 0.1) is 16.8 Å². The van der Waals surface area contributed by atoms with Crippen LogP contribution >= 0.6 is 11.3 Å². The van der Waals surface area contributed by atoms with Crippen LogP contribution in [-0.2, 0) is 11.2 Å². The molecule has 0 radical (unpaired) electrons. The van der Waals surface area contributed by atoms with Crippen molar-refractivity contribution in [3.63, 3.8) is 0 Å². The fourth-order valence-corrected chi connectivity index (χ4v) is 1.37. The molecule has 0 aromatic carbocycles. The molecule has 5 nitrogen and oxygen atoms in total. The van der Waals surface area contributed by atoms with Crippen molar-refractivity contribution in [2.24, 2.45) is 5.84 Å². The number of nitrogens with zero attached hydrogens (tertiary/aromatic N) is 1. The summed E-state index contributed by atoms with van der Waals surface area (Å²) in [5.74, 6) is 4.63. The summed E-state index contributed by atoms with van der Waals surface area (Å²) in [7, 11) is 0. The smallest absolute Gasteiger partial charge is 0.308 e. The van der Waals surface area contributed by atoms with E-state index in [2.05, 4.69) is 10.4 Å². The van der Waals surface area contributed by atoms with Crippen molar-refractivity contribution in [2.45, 2.75) is 6.42 Å². The number of nitrogen functional groups attached to an aromatic ring is 1. The summed E-state index contributed by atoms with van der Waals surface area (Å²) in [6.07, 6.45) is -0.0375. The summed E-state index contributed by atoms with van der Waals surface area (Å²) in [6.45, 7) is 0. The van der Waals surface area contributed by atoms with Crippen LogP contribution in [0.25, 0.3) is 0 Å². The van der Waals surface area contributed by atoms with Crippen LogP contribution in [0, 0.1) is 0 Å². The van der Waals surface area contributed by atoms with Gasteiger partial charge in [-0.15, -0.1) is 11.3 Å². The lowest BCUT2D eigenvalue weighted by atomic mass is 10.4. The highest BCUT2D eigenvalue weighted by Gasteiger charge is 2.07. The third kappa shape index (κ3) is 1.89. The van der Waals surface area contributed by atoms with Crippen molar-refractivity contribution >= 4 is 23.1 Å². The van der Waals surface area contributed by atoms with Gasteiger partial charge in [-0.3, -0.25) is 4.79 Å². The van der Waals surface area contributed by atoms with Gasteiger partial charge in [0.25, 0.3) is 0 Å². The maximum absolute atomic E-state index is 10.2. The van der Waals surface area contributed by atoms with Crippen LogP contribution in [0.1, 0.15) is 4.88 Å². The number of thiazole rings is 1. The molecule has 0 spiro atoms. The van der Waals surface area contributed by atoms with Crippen LogP contribution in [0.15, 0.2) is 5.51 Å². The summed E-state index contributed by atoms with van der Waals surface area (Å²) in [6, 6.07) is 0. The molecule has 11 heavy (non-hydrogen) atoms. The van der Waals surface area contributed by atoms with Crippen LogP contribution in [0.4, 0.5) is 5.82 Å². The van der Waals surface area contributed by atoms with Crippen molar-refractivity contribution in [1.82, 2.24) is 4.98 Å². The highest BCUT2D eigenvalue weighted by Crippen LogP contribution is 2.17. The number of rotatable bonds is 3. The third-order valence-corrected chi connectivity index (χ3v) is 1.92. The lowest BCUT2D eigenvalue weighted by Crippen LogP contribution is -2.10. The Morgan fingerprint density at radius 3 is 3.18 bits per heavy atom. The minimum Gasteiger partial charge on any atom is -0.481 e. The molecule has 0 aliphatic rings. The van der Waals surface area contributed by atoms with Crippen LogP contribution in [0.5, 0.6) is 0 Å². The highest BCUT2D eigenvalue weighted by atomic mass is 32.1. The maximum Gasteiger partial charge on any atom is 0.308 e. The molecule has 0 unspecified atom stereocenters. The van der Waals surface area contributed by atoms with Crippen LogP contribution < -0.4 is 11.3 Å². The van der Waals surface area contributed by atoms with Crippen molar-refractivity contribution in [3.05, 3.63) is 10.4 Å². The molecule has 60 valence electrons. The molecule has 0 saturated heterocycles. The Kier molecular flexibility index (Phi) is 2.40. The van der Waals surface area contributed by atoms with E-state index in [1.807, 2.05) is 0 Å². The lowest BCUT2D eigenvalue weighted by Gasteiger charge is -1.95. The Balaban J connectivity index is 2.76. The van der Waals surface area contributed by atoms with E-state index in [9.17, 15) is 4.79 Å². The number of carboxylic acids is 1. The van der Waals surface area contributed by atoms with Gasteiger partial charge in [-0.25, -0.2) is 10.8 Å². The van der Waals surface area contributed by atoms with E-state index in [1.54, 1.807) is 5.51 Å². The van der Waals surface area contributed by atoms with Crippen LogP contribution in [0.2, 0.25) is 0 Å². The Morgan fingerprint density at radius 1 is 1.91 bits per heavy atom. The average molecular weight is 173 g/mol. The molecule has 4 N–H and O–H groups in total. The van der Waals surface area contributed by atoms with Gasteiger partial charge in [0.15, 0.2) is 5.82 Å². The number of hydrogen-bond acceptors (Lipinski definition) is 5. The van der Waals surface area contributed by atoms with Crippen molar-refractivity contribution < 1.29 is 9.90 Å². The van der Waals surface area contributed by atoms with Gasteiger partial charge in [0.2, 0.25) is 0 Å². The second kappa shape index (κ2) is 3.31. The minimum absolute atomic E-state index is 0.0375. The topological polar surface area (TPSA) is 88.2 Å². The molecule has 0 aliphatic heterocycles. The first kappa shape index (κ1) is 7.96. The number of nitrogens with one attached hydrogen (secondary N) is 1. The van der Waals surface area contributed by atoms with Gasteiger partial charge >= 0.3 is 5.97 Å². The fraction of sp³-hybridized carbons (Fsp3) is 0.200. The first-order valence-electron chi connectivity index (χ1n) is 2.85. The zero-order chi connectivity index (χ0) is 8.27. The van der Waals surface area contributed by atoms with Crippen molar-refractivity contribution in [1.29, 1.82) is 0 Å². The van der Waals surface area contributed by atoms with Crippen molar-refractivity contribution in [3.8, 4) is 0 Å². The summed E-state index contributed by atoms with van der Waals surface area (Å²) >= 11 is 1.27. The molecule has 6 heteroatoms. The predicted octanol–water partition coefficient (Wildman–Crippen LogP) is 0.0558. The Labute approximate surface area is 66.8 Å². The van der Waals surface area contributed by atoms with E-state index < -0.39 is 5.97 Å². The number of anilines is 1. The second-order valence-electron chi connectivity index (χ2n) is 1.84. The molecule has 1 aromatic heterocycles. The molecule has 0 amide bonds. The highest BCUT2D eigenvalue weighted by molar-refractivity contribution is 7.10. The van der Waals surface area contributed by atoms with Gasteiger partial charge in [-0.2, -0.15) is 0 Å². The maximum atomic E-state index is 10.2. The molecule has 0 bridgehead atoms. The standard InChI is InChI=1S/C5H7N3O2S/c6-8-5-3(1-4(9)10)11-2-7-5/h2,8H,1,6H2,(H,9,10). The molecule has 1 heterocycles. The molecule has 0 atom stereocenters. The predicted molar refractivity (Wildman–Crippen MR) is 41.3 cm³/mol. The van der Waals surface area contributed by atoms with Gasteiger partial charge in [-0.1, -0.05) is 0 Å². The summed E-state index contributed by atoms with van der Waals surface area (Å²) < 4.78 is 0. The Morgan fingerprint density at radius 2 is 2.64 bits per heavy atom. The van der Waals surface area contributed by atoms with E-state index in [-0.39, 0.29) is 6.42 Å². The number of hydrazine groups is 1. The SMILES string of the molecule is NNc1ncsc1CC(=O)O. The molecule has 0 fully saturated rings. The largest absolute Gasteiger partial charge is 0.481 e. The summed E-state index contributed by atoms with van der Waals surface area (Å²) in [5.41, 5.74) is 3.87. The molecular formula is C5H7N3O2S. The number of hydrogen-bond donors (Lipinski definition) is 3. The summed E-state index contributed by atoms with van der Waals surface area (Å²) in [5, 5.41) is 8.42. The molecule has 0 saturated carbocycles. The van der Waals surface area contributed by atoms with Crippen LogP contribution in [0.3, 0.4) is 0 Å². The van der Waals surface area contributed by atoms with E-state index in [0.29, 0.717) is 10.7 Å². The zero-order valence-corrected chi connectivity index (χ0v) is 6.39. The van der Waals surface area contributed by atoms with Gasteiger partial charge in [0, 0.05) is 0 Å². The number of nitrogens with two attached hydrogens (primary N) is 1. The van der Waals surface area contributed by atoms with E-state index in [4.69, 9.17) is 10.9 Å². The van der Waals surface area contributed by atoms with E-state index in [1.165, 1.54) is 11.3 Å². The number of aliphatic carboxylic acids is 1. The quantitative estimate of drug-likeness (QED) is 0.444. The minimum atomic E-state index is -0.884. The first-order chi connectivity index (χ1) is 5.24. The molecule has 1 aromatic rings. The van der Waals surface area contributed by atoms with Gasteiger partial charge in [-0.05, 0) is 0 Å². The van der Waals surface area contributed by atoms with Crippen molar-refractivity contribution in [2.75, 3.05) is 5.43 Å². The van der Waals surface area contributed by atoms with Gasteiger partial charge in [0.1, 0.15) is 0 Å². The monoisotopic (exact) mass is 173 g/mol. The van der Waals surface area contributed by atoms with E-state index in [0.717, 1.165) is 0 Å². The number of carboxylic acid groups (broad SMARTS) is 1. The number of aromatic nitrogens is 1.